The van der Waals surface area contributed by atoms with Gasteiger partial charge in [0.25, 0.3) is 0 Å². The van der Waals surface area contributed by atoms with E-state index >= 15 is 0 Å². The van der Waals surface area contributed by atoms with E-state index in [1.54, 1.807) is 7.11 Å². The molecule has 1 saturated carbocycles. The first-order valence-electron chi connectivity index (χ1n) is 7.11. The van der Waals surface area contributed by atoms with Crippen LogP contribution >= 0.6 is 0 Å². The van der Waals surface area contributed by atoms with Crippen LogP contribution in [0.1, 0.15) is 57.1 Å². The van der Waals surface area contributed by atoms with Gasteiger partial charge in [-0.2, -0.15) is 5.10 Å². The summed E-state index contributed by atoms with van der Waals surface area (Å²) in [5.41, 5.74) is 7.44. The first-order chi connectivity index (χ1) is 8.76. The van der Waals surface area contributed by atoms with Crippen molar-refractivity contribution in [1.29, 1.82) is 0 Å². The second-order valence-corrected chi connectivity index (χ2v) is 5.30. The van der Waals surface area contributed by atoms with Gasteiger partial charge in [0.15, 0.2) is 5.75 Å². The number of nitrogens with two attached hydrogens (primary N) is 1. The lowest BCUT2D eigenvalue weighted by molar-refractivity contribution is 0.392. The van der Waals surface area contributed by atoms with E-state index in [1.165, 1.54) is 25.0 Å². The van der Waals surface area contributed by atoms with E-state index in [0.29, 0.717) is 12.0 Å². The van der Waals surface area contributed by atoms with Crippen LogP contribution in [0.5, 0.6) is 5.75 Å². The SMILES string of the molecule is CCCn1ncc(OC)c1C1CCCCC(N)C1. The van der Waals surface area contributed by atoms with E-state index in [0.717, 1.165) is 31.6 Å². The molecule has 102 valence electrons. The number of aromatic nitrogens is 2. The van der Waals surface area contributed by atoms with E-state index in [9.17, 15) is 0 Å². The molecule has 0 bridgehead atoms. The molecule has 1 fully saturated rings. The third-order valence-electron chi connectivity index (χ3n) is 3.85. The van der Waals surface area contributed by atoms with Crippen molar-refractivity contribution in [3.8, 4) is 5.75 Å². The van der Waals surface area contributed by atoms with Crippen molar-refractivity contribution in [2.24, 2.45) is 5.73 Å². The van der Waals surface area contributed by atoms with E-state index in [2.05, 4.69) is 16.7 Å². The Labute approximate surface area is 110 Å². The summed E-state index contributed by atoms with van der Waals surface area (Å²) in [6, 6.07) is 0.326. The molecule has 0 aliphatic heterocycles. The first kappa shape index (κ1) is 13.4. The molecule has 4 heteroatoms. The molecule has 0 saturated heterocycles. The fourth-order valence-electron chi connectivity index (χ4n) is 2.98. The molecule has 1 heterocycles. The minimum atomic E-state index is 0.326. The van der Waals surface area contributed by atoms with Crippen LogP contribution < -0.4 is 10.5 Å². The number of nitrogens with zero attached hydrogens (tertiary/aromatic N) is 2. The van der Waals surface area contributed by atoms with Gasteiger partial charge < -0.3 is 10.5 Å². The van der Waals surface area contributed by atoms with Crippen molar-refractivity contribution in [2.75, 3.05) is 7.11 Å². The van der Waals surface area contributed by atoms with Gasteiger partial charge >= 0.3 is 0 Å². The van der Waals surface area contributed by atoms with Crippen LogP contribution in [0.3, 0.4) is 0 Å². The van der Waals surface area contributed by atoms with Gasteiger partial charge in [0.2, 0.25) is 0 Å². The molecule has 2 rings (SSSR count). The molecule has 1 aromatic rings. The largest absolute Gasteiger partial charge is 0.493 e. The number of rotatable bonds is 4. The fourth-order valence-corrected chi connectivity index (χ4v) is 2.98. The molecule has 2 unspecified atom stereocenters. The highest BCUT2D eigenvalue weighted by Gasteiger charge is 2.25. The molecule has 2 atom stereocenters. The topological polar surface area (TPSA) is 53.1 Å². The maximum Gasteiger partial charge on any atom is 0.160 e. The summed E-state index contributed by atoms with van der Waals surface area (Å²) in [7, 11) is 1.73. The summed E-state index contributed by atoms with van der Waals surface area (Å²) in [5, 5.41) is 4.46. The van der Waals surface area contributed by atoms with Crippen LogP contribution in [0.15, 0.2) is 6.20 Å². The van der Waals surface area contributed by atoms with Crippen LogP contribution in [-0.4, -0.2) is 22.9 Å². The third-order valence-corrected chi connectivity index (χ3v) is 3.85. The van der Waals surface area contributed by atoms with Crippen LogP contribution in [0.4, 0.5) is 0 Å². The summed E-state index contributed by atoms with van der Waals surface area (Å²) >= 11 is 0. The molecule has 0 amide bonds. The zero-order valence-electron chi connectivity index (χ0n) is 11.6. The van der Waals surface area contributed by atoms with Crippen molar-refractivity contribution in [3.63, 3.8) is 0 Å². The van der Waals surface area contributed by atoms with Gasteiger partial charge in [-0.25, -0.2) is 0 Å². The van der Waals surface area contributed by atoms with Crippen molar-refractivity contribution in [1.82, 2.24) is 9.78 Å². The molecule has 18 heavy (non-hydrogen) atoms. The minimum Gasteiger partial charge on any atom is -0.493 e. The highest BCUT2D eigenvalue weighted by Crippen LogP contribution is 2.36. The molecular formula is C14H25N3O. The zero-order valence-corrected chi connectivity index (χ0v) is 11.6. The van der Waals surface area contributed by atoms with Crippen molar-refractivity contribution in [3.05, 3.63) is 11.9 Å². The predicted octanol–water partition coefficient (Wildman–Crippen LogP) is 2.68. The average molecular weight is 251 g/mol. The molecule has 2 N–H and O–H groups in total. The quantitative estimate of drug-likeness (QED) is 0.837. The van der Waals surface area contributed by atoms with Crippen molar-refractivity contribution in [2.45, 2.75) is 64.0 Å². The molecule has 1 aliphatic carbocycles. The average Bonchev–Trinajstić information content (AvgIpc) is 2.64. The van der Waals surface area contributed by atoms with Crippen LogP contribution in [0, 0.1) is 0 Å². The summed E-state index contributed by atoms with van der Waals surface area (Å²) in [6.07, 6.45) is 8.88. The monoisotopic (exact) mass is 251 g/mol. The second kappa shape index (κ2) is 6.23. The van der Waals surface area contributed by atoms with Gasteiger partial charge in [-0.15, -0.1) is 0 Å². The Hall–Kier alpha value is -1.03. The summed E-state index contributed by atoms with van der Waals surface area (Å²) < 4.78 is 7.59. The Balaban J connectivity index is 2.25. The van der Waals surface area contributed by atoms with Crippen LogP contribution in [0.2, 0.25) is 0 Å². The van der Waals surface area contributed by atoms with Crippen molar-refractivity contribution >= 4 is 0 Å². The Morgan fingerprint density at radius 3 is 2.94 bits per heavy atom. The third kappa shape index (κ3) is 2.86. The maximum absolute atomic E-state index is 6.18. The zero-order chi connectivity index (χ0) is 13.0. The summed E-state index contributed by atoms with van der Waals surface area (Å²) in [6.45, 7) is 3.14. The standard InChI is InChI=1S/C14H25N3O/c1-3-8-17-14(13(18-2)10-16-17)11-6-4-5-7-12(15)9-11/h10-12H,3-9,15H2,1-2H3. The molecular weight excluding hydrogens is 226 g/mol. The van der Waals surface area contributed by atoms with E-state index < -0.39 is 0 Å². The molecule has 0 radical (unpaired) electrons. The van der Waals surface area contributed by atoms with E-state index in [-0.39, 0.29) is 0 Å². The Bertz CT molecular complexity index is 375. The Morgan fingerprint density at radius 1 is 1.44 bits per heavy atom. The first-order valence-corrected chi connectivity index (χ1v) is 7.11. The summed E-state index contributed by atoms with van der Waals surface area (Å²) in [5.74, 6) is 1.44. The molecule has 1 aromatic heterocycles. The number of ether oxygens (including phenoxy) is 1. The van der Waals surface area contributed by atoms with E-state index in [4.69, 9.17) is 10.5 Å². The number of aryl methyl sites for hydroxylation is 1. The van der Waals surface area contributed by atoms with Crippen LogP contribution in [-0.2, 0) is 6.54 Å². The predicted molar refractivity (Wildman–Crippen MR) is 72.9 cm³/mol. The Kier molecular flexibility index (Phi) is 4.64. The highest BCUT2D eigenvalue weighted by molar-refractivity contribution is 5.29. The van der Waals surface area contributed by atoms with Crippen molar-refractivity contribution < 1.29 is 4.74 Å². The van der Waals surface area contributed by atoms with Gasteiger partial charge in [-0.3, -0.25) is 4.68 Å². The summed E-state index contributed by atoms with van der Waals surface area (Å²) in [4.78, 5) is 0. The minimum absolute atomic E-state index is 0.326. The van der Waals surface area contributed by atoms with Crippen LogP contribution in [0.25, 0.3) is 0 Å². The number of hydrogen-bond donors (Lipinski definition) is 1. The lowest BCUT2D eigenvalue weighted by Gasteiger charge is -2.19. The Morgan fingerprint density at radius 2 is 2.22 bits per heavy atom. The van der Waals surface area contributed by atoms with E-state index in [1.807, 2.05) is 6.20 Å². The van der Waals surface area contributed by atoms with Gasteiger partial charge in [-0.1, -0.05) is 19.8 Å². The number of methoxy groups -OCH3 is 1. The molecule has 0 aromatic carbocycles. The lowest BCUT2D eigenvalue weighted by atomic mass is 9.94. The highest BCUT2D eigenvalue weighted by atomic mass is 16.5. The molecule has 0 spiro atoms. The number of hydrogen-bond acceptors (Lipinski definition) is 3. The lowest BCUT2D eigenvalue weighted by Crippen LogP contribution is -2.22. The van der Waals surface area contributed by atoms with Gasteiger partial charge in [0, 0.05) is 18.5 Å². The normalized spacial score (nSPS) is 24.8. The molecule has 1 aliphatic rings. The second-order valence-electron chi connectivity index (χ2n) is 5.30. The molecule has 4 nitrogen and oxygen atoms in total. The van der Waals surface area contributed by atoms with Gasteiger partial charge in [0.05, 0.1) is 19.0 Å². The van der Waals surface area contributed by atoms with Gasteiger partial charge in [-0.05, 0) is 25.7 Å². The fraction of sp³-hybridized carbons (Fsp3) is 0.786. The smallest absolute Gasteiger partial charge is 0.160 e. The van der Waals surface area contributed by atoms with Gasteiger partial charge in [0.1, 0.15) is 0 Å². The maximum atomic E-state index is 6.18.